The summed E-state index contributed by atoms with van der Waals surface area (Å²) >= 11 is 0. The lowest BCUT2D eigenvalue weighted by molar-refractivity contribution is -0.134. The van der Waals surface area contributed by atoms with Gasteiger partial charge in [-0.05, 0) is 18.5 Å². The number of H-pyrrole nitrogens is 1. The largest absolute Gasteiger partial charge is 0.347 e. The average Bonchev–Trinajstić information content (AvgIpc) is 3.23. The van der Waals surface area contributed by atoms with Gasteiger partial charge in [0.2, 0.25) is 5.91 Å². The van der Waals surface area contributed by atoms with E-state index in [0.717, 1.165) is 37.4 Å². The Hall–Kier alpha value is -2.15. The van der Waals surface area contributed by atoms with Crippen LogP contribution in [0.15, 0.2) is 24.8 Å². The van der Waals surface area contributed by atoms with Gasteiger partial charge in [-0.1, -0.05) is 6.92 Å². The van der Waals surface area contributed by atoms with Crippen LogP contribution in [0.5, 0.6) is 0 Å². The van der Waals surface area contributed by atoms with Crippen LogP contribution in [0.3, 0.4) is 0 Å². The normalized spacial score (nSPS) is 19.2. The van der Waals surface area contributed by atoms with Crippen LogP contribution in [0.4, 0.5) is 0 Å². The second-order valence-corrected chi connectivity index (χ2v) is 5.98. The highest BCUT2D eigenvalue weighted by atomic mass is 16.2. The molecule has 0 aromatic carbocycles. The molecule has 1 aliphatic rings. The topological polar surface area (TPSA) is 70.0 Å². The van der Waals surface area contributed by atoms with E-state index in [1.54, 1.807) is 10.9 Å². The quantitative estimate of drug-likeness (QED) is 0.893. The van der Waals surface area contributed by atoms with Crippen LogP contribution < -0.4 is 0 Å². The van der Waals surface area contributed by atoms with Crippen molar-refractivity contribution in [1.29, 1.82) is 0 Å². The van der Waals surface area contributed by atoms with E-state index in [1.807, 2.05) is 30.5 Å². The summed E-state index contributed by atoms with van der Waals surface area (Å²) in [4.78, 5) is 24.4. The van der Waals surface area contributed by atoms with Crippen LogP contribution in [0, 0.1) is 0 Å². The number of amides is 1. The zero-order valence-corrected chi connectivity index (χ0v) is 13.8. The monoisotopic (exact) mass is 316 g/mol. The van der Waals surface area contributed by atoms with Gasteiger partial charge in [0, 0.05) is 51.7 Å². The molecule has 3 heterocycles. The lowest BCUT2D eigenvalue weighted by Gasteiger charge is -2.40. The Kier molecular flexibility index (Phi) is 4.76. The smallest absolute Gasteiger partial charge is 0.223 e. The minimum absolute atomic E-state index is 0.158. The van der Waals surface area contributed by atoms with Gasteiger partial charge in [-0.2, -0.15) is 5.10 Å². The van der Waals surface area contributed by atoms with Gasteiger partial charge in [0.1, 0.15) is 5.82 Å². The molecule has 1 atom stereocenters. The summed E-state index contributed by atoms with van der Waals surface area (Å²) in [5.74, 6) is 1.15. The Labute approximate surface area is 136 Å². The zero-order chi connectivity index (χ0) is 16.2. The molecule has 0 bridgehead atoms. The van der Waals surface area contributed by atoms with E-state index in [0.29, 0.717) is 13.0 Å². The number of piperazine rings is 1. The van der Waals surface area contributed by atoms with Crippen molar-refractivity contribution in [3.05, 3.63) is 36.2 Å². The van der Waals surface area contributed by atoms with Gasteiger partial charge in [0.15, 0.2) is 0 Å². The van der Waals surface area contributed by atoms with Crippen LogP contribution in [-0.4, -0.2) is 61.6 Å². The third kappa shape index (κ3) is 3.61. The van der Waals surface area contributed by atoms with E-state index in [-0.39, 0.29) is 11.9 Å². The predicted octanol–water partition coefficient (Wildman–Crippen LogP) is 0.981. The lowest BCUT2D eigenvalue weighted by atomic mass is 10.1. The summed E-state index contributed by atoms with van der Waals surface area (Å²) in [6, 6.07) is 0.158. The van der Waals surface area contributed by atoms with Crippen molar-refractivity contribution in [3.63, 3.8) is 0 Å². The maximum absolute atomic E-state index is 12.5. The molecule has 1 aliphatic heterocycles. The minimum Gasteiger partial charge on any atom is -0.347 e. The van der Waals surface area contributed by atoms with E-state index in [1.165, 1.54) is 0 Å². The van der Waals surface area contributed by atoms with Crippen molar-refractivity contribution in [1.82, 2.24) is 29.5 Å². The van der Waals surface area contributed by atoms with E-state index in [2.05, 4.69) is 26.9 Å². The summed E-state index contributed by atoms with van der Waals surface area (Å²) in [5.41, 5.74) is 1.11. The number of hydrogen-bond donors (Lipinski definition) is 1. The van der Waals surface area contributed by atoms with Gasteiger partial charge in [-0.3, -0.25) is 14.4 Å². The molecule has 7 heteroatoms. The van der Waals surface area contributed by atoms with Crippen molar-refractivity contribution >= 4 is 5.91 Å². The third-order valence-corrected chi connectivity index (χ3v) is 4.47. The predicted molar refractivity (Wildman–Crippen MR) is 86.7 cm³/mol. The lowest BCUT2D eigenvalue weighted by Crippen LogP contribution is -2.50. The first-order valence-electron chi connectivity index (χ1n) is 8.16. The molecule has 0 aliphatic carbocycles. The Balaban J connectivity index is 1.60. The average molecular weight is 316 g/mol. The van der Waals surface area contributed by atoms with Crippen LogP contribution in [0.25, 0.3) is 0 Å². The molecule has 7 nitrogen and oxygen atoms in total. The summed E-state index contributed by atoms with van der Waals surface area (Å²) in [6.45, 7) is 5.49. The fourth-order valence-corrected chi connectivity index (χ4v) is 3.16. The number of carbonyl (C=O) groups is 1. The number of aromatic nitrogens is 4. The van der Waals surface area contributed by atoms with Gasteiger partial charge in [-0.25, -0.2) is 4.98 Å². The molecule has 2 aromatic rings. The SMILES string of the molecule is CCN1CCN(C(=O)CCc2cnn(C)c2)C[C@@H]1c1ncc[nH]1. The Morgan fingerprint density at radius 1 is 1.43 bits per heavy atom. The second kappa shape index (κ2) is 6.95. The number of hydrogen-bond acceptors (Lipinski definition) is 4. The van der Waals surface area contributed by atoms with Crippen LogP contribution >= 0.6 is 0 Å². The standard InChI is InChI=1S/C16H24N6O/c1-3-21-8-9-22(12-14(21)16-17-6-7-18-16)15(23)5-4-13-10-19-20(2)11-13/h6-7,10-11,14H,3-5,8-9,12H2,1-2H3,(H,17,18)/t14-/m1/s1. The van der Waals surface area contributed by atoms with Gasteiger partial charge < -0.3 is 9.88 Å². The Morgan fingerprint density at radius 2 is 2.30 bits per heavy atom. The van der Waals surface area contributed by atoms with Crippen molar-refractivity contribution < 1.29 is 4.79 Å². The number of rotatable bonds is 5. The van der Waals surface area contributed by atoms with Crippen LogP contribution in [-0.2, 0) is 18.3 Å². The molecule has 3 rings (SSSR count). The zero-order valence-electron chi connectivity index (χ0n) is 13.8. The fraction of sp³-hybridized carbons (Fsp3) is 0.562. The molecule has 0 saturated carbocycles. The first-order chi connectivity index (χ1) is 11.2. The number of aryl methyl sites for hydroxylation is 2. The Bertz CT molecular complexity index is 635. The number of likely N-dealkylation sites (N-methyl/N-ethyl adjacent to an activating group) is 1. The highest BCUT2D eigenvalue weighted by molar-refractivity contribution is 5.76. The second-order valence-electron chi connectivity index (χ2n) is 5.98. The van der Waals surface area contributed by atoms with Crippen molar-refractivity contribution in [2.24, 2.45) is 7.05 Å². The Morgan fingerprint density at radius 3 is 2.96 bits per heavy atom. The molecule has 1 N–H and O–H groups in total. The van der Waals surface area contributed by atoms with Crippen LogP contribution in [0.1, 0.15) is 30.8 Å². The van der Waals surface area contributed by atoms with Crippen LogP contribution in [0.2, 0.25) is 0 Å². The molecule has 1 fully saturated rings. The number of imidazole rings is 1. The fourth-order valence-electron chi connectivity index (χ4n) is 3.16. The molecule has 1 amide bonds. The summed E-state index contributed by atoms with van der Waals surface area (Å²) in [6.07, 6.45) is 8.68. The minimum atomic E-state index is 0.158. The van der Waals surface area contributed by atoms with Gasteiger partial charge in [0.25, 0.3) is 0 Å². The first kappa shape index (κ1) is 15.7. The maximum Gasteiger partial charge on any atom is 0.223 e. The molecule has 1 saturated heterocycles. The van der Waals surface area contributed by atoms with Crippen molar-refractivity contribution in [3.8, 4) is 0 Å². The van der Waals surface area contributed by atoms with E-state index in [4.69, 9.17) is 0 Å². The third-order valence-electron chi connectivity index (χ3n) is 4.47. The summed E-state index contributed by atoms with van der Waals surface area (Å²) in [7, 11) is 1.89. The highest BCUT2D eigenvalue weighted by Gasteiger charge is 2.30. The molecule has 124 valence electrons. The van der Waals surface area contributed by atoms with Gasteiger partial charge in [0.05, 0.1) is 12.2 Å². The first-order valence-corrected chi connectivity index (χ1v) is 8.16. The molecule has 0 unspecified atom stereocenters. The number of aromatic amines is 1. The molecule has 0 radical (unpaired) electrons. The number of carbonyl (C=O) groups excluding carboxylic acids is 1. The number of nitrogens with one attached hydrogen (secondary N) is 1. The van der Waals surface area contributed by atoms with Crippen molar-refractivity contribution in [2.75, 3.05) is 26.2 Å². The summed E-state index contributed by atoms with van der Waals surface area (Å²) in [5, 5.41) is 4.15. The molecule has 0 spiro atoms. The van der Waals surface area contributed by atoms with E-state index < -0.39 is 0 Å². The van der Waals surface area contributed by atoms with E-state index in [9.17, 15) is 4.79 Å². The van der Waals surface area contributed by atoms with E-state index >= 15 is 0 Å². The molecular formula is C16H24N6O. The molecular weight excluding hydrogens is 292 g/mol. The number of nitrogens with zero attached hydrogens (tertiary/aromatic N) is 5. The molecule has 2 aromatic heterocycles. The van der Waals surface area contributed by atoms with Gasteiger partial charge >= 0.3 is 0 Å². The maximum atomic E-state index is 12.5. The molecule has 23 heavy (non-hydrogen) atoms. The highest BCUT2D eigenvalue weighted by Crippen LogP contribution is 2.23. The summed E-state index contributed by atoms with van der Waals surface area (Å²) < 4.78 is 1.77. The van der Waals surface area contributed by atoms with Crippen molar-refractivity contribution in [2.45, 2.75) is 25.8 Å². The van der Waals surface area contributed by atoms with Gasteiger partial charge in [-0.15, -0.1) is 0 Å².